The van der Waals surface area contributed by atoms with E-state index in [1.54, 1.807) is 24.3 Å². The summed E-state index contributed by atoms with van der Waals surface area (Å²) in [6.07, 6.45) is 0.796. The van der Waals surface area contributed by atoms with Crippen LogP contribution in [0.5, 0.6) is 0 Å². The Labute approximate surface area is 136 Å². The van der Waals surface area contributed by atoms with Gasteiger partial charge in [-0.1, -0.05) is 52.1 Å². The van der Waals surface area contributed by atoms with E-state index in [9.17, 15) is 4.39 Å². The van der Waals surface area contributed by atoms with Gasteiger partial charge in [-0.25, -0.2) is 4.39 Å². The molecule has 0 fully saturated rings. The third-order valence-electron chi connectivity index (χ3n) is 3.01. The molecule has 2 rings (SSSR count). The maximum atomic E-state index is 13.8. The average Bonchev–Trinajstić information content (AvgIpc) is 2.43. The molecule has 1 unspecified atom stereocenters. The molecule has 0 aliphatic rings. The highest BCUT2D eigenvalue weighted by molar-refractivity contribution is 9.10. The molecule has 1 atom stereocenters. The van der Waals surface area contributed by atoms with E-state index in [1.165, 1.54) is 6.07 Å². The van der Waals surface area contributed by atoms with Crippen LogP contribution in [-0.4, -0.2) is 0 Å². The lowest BCUT2D eigenvalue weighted by Gasteiger charge is -2.20. The van der Waals surface area contributed by atoms with Crippen molar-refractivity contribution in [2.45, 2.75) is 19.4 Å². The lowest BCUT2D eigenvalue weighted by molar-refractivity contribution is 0.623. The number of nitrogens with one attached hydrogen (secondary N) is 1. The van der Waals surface area contributed by atoms with Crippen LogP contribution in [0.4, 0.5) is 10.1 Å². The van der Waals surface area contributed by atoms with Gasteiger partial charge in [-0.05, 0) is 42.3 Å². The number of benzene rings is 2. The van der Waals surface area contributed by atoms with Crippen LogP contribution in [0, 0.1) is 5.82 Å². The van der Waals surface area contributed by atoms with Gasteiger partial charge in [0, 0.05) is 4.47 Å². The molecule has 0 bridgehead atoms. The molecule has 1 nitrogen and oxygen atoms in total. The molecule has 2 aromatic rings. The summed E-state index contributed by atoms with van der Waals surface area (Å²) in [4.78, 5) is 0. The summed E-state index contributed by atoms with van der Waals surface area (Å²) in [6, 6.07) is 10.2. The van der Waals surface area contributed by atoms with Gasteiger partial charge in [-0.2, -0.15) is 0 Å². The van der Waals surface area contributed by atoms with Gasteiger partial charge in [0.2, 0.25) is 0 Å². The molecule has 0 heterocycles. The second-order valence-electron chi connectivity index (χ2n) is 4.40. The fourth-order valence-corrected chi connectivity index (χ4v) is 2.61. The zero-order chi connectivity index (χ0) is 14.7. The van der Waals surface area contributed by atoms with Crippen molar-refractivity contribution in [2.24, 2.45) is 0 Å². The minimum atomic E-state index is -0.285. The number of rotatable bonds is 4. The lowest BCUT2D eigenvalue weighted by Crippen LogP contribution is -2.10. The van der Waals surface area contributed by atoms with E-state index < -0.39 is 0 Å². The lowest BCUT2D eigenvalue weighted by atomic mass is 10.0. The number of hydrogen-bond acceptors (Lipinski definition) is 1. The third-order valence-corrected chi connectivity index (χ3v) is 4.24. The SMILES string of the molecule is CCC(Nc1cc(Br)ccc1F)c1ccc(Cl)c(Cl)c1. The van der Waals surface area contributed by atoms with E-state index in [2.05, 4.69) is 21.2 Å². The highest BCUT2D eigenvalue weighted by Gasteiger charge is 2.13. The van der Waals surface area contributed by atoms with Gasteiger partial charge in [0.25, 0.3) is 0 Å². The van der Waals surface area contributed by atoms with Crippen molar-refractivity contribution < 1.29 is 4.39 Å². The highest BCUT2D eigenvalue weighted by atomic mass is 79.9. The van der Waals surface area contributed by atoms with Crippen LogP contribution < -0.4 is 5.32 Å². The van der Waals surface area contributed by atoms with E-state index in [-0.39, 0.29) is 11.9 Å². The van der Waals surface area contributed by atoms with Gasteiger partial charge in [-0.3, -0.25) is 0 Å². The smallest absolute Gasteiger partial charge is 0.146 e. The first-order valence-electron chi connectivity index (χ1n) is 6.17. The van der Waals surface area contributed by atoms with E-state index in [4.69, 9.17) is 23.2 Å². The van der Waals surface area contributed by atoms with Crippen molar-refractivity contribution >= 4 is 44.8 Å². The fraction of sp³-hybridized carbons (Fsp3) is 0.200. The molecular formula is C15H13BrCl2FN. The molecule has 1 N–H and O–H groups in total. The Kier molecular flexibility index (Phi) is 5.30. The molecule has 0 aliphatic heterocycles. The van der Waals surface area contributed by atoms with Crippen LogP contribution in [0.2, 0.25) is 10.0 Å². The standard InChI is InChI=1S/C15H13BrCl2FN/c1-2-14(9-3-5-11(17)12(18)7-9)20-15-8-10(16)4-6-13(15)19/h3-8,14,20H,2H2,1H3. The summed E-state index contributed by atoms with van der Waals surface area (Å²) >= 11 is 15.3. The summed E-state index contributed by atoms with van der Waals surface area (Å²) in [7, 11) is 0. The molecule has 0 aromatic heterocycles. The maximum Gasteiger partial charge on any atom is 0.146 e. The average molecular weight is 377 g/mol. The summed E-state index contributed by atoms with van der Waals surface area (Å²) in [5, 5.41) is 4.21. The summed E-state index contributed by atoms with van der Waals surface area (Å²) < 4.78 is 14.6. The van der Waals surface area contributed by atoms with Crippen molar-refractivity contribution in [1.29, 1.82) is 0 Å². The van der Waals surface area contributed by atoms with Gasteiger partial charge in [0.15, 0.2) is 0 Å². The maximum absolute atomic E-state index is 13.8. The second kappa shape index (κ2) is 6.79. The molecule has 0 spiro atoms. The first kappa shape index (κ1) is 15.6. The molecule has 0 aliphatic carbocycles. The molecule has 0 radical (unpaired) electrons. The van der Waals surface area contributed by atoms with E-state index in [0.717, 1.165) is 16.5 Å². The Morgan fingerprint density at radius 1 is 1.15 bits per heavy atom. The zero-order valence-electron chi connectivity index (χ0n) is 10.8. The minimum absolute atomic E-state index is 0.0337. The second-order valence-corrected chi connectivity index (χ2v) is 6.13. The Morgan fingerprint density at radius 3 is 2.55 bits per heavy atom. The van der Waals surface area contributed by atoms with Crippen molar-refractivity contribution in [3.8, 4) is 0 Å². The Balaban J connectivity index is 2.28. The van der Waals surface area contributed by atoms with Gasteiger partial charge >= 0.3 is 0 Å². The van der Waals surface area contributed by atoms with Crippen LogP contribution >= 0.6 is 39.1 Å². The molecule has 2 aromatic carbocycles. The van der Waals surface area contributed by atoms with Crippen molar-refractivity contribution in [1.82, 2.24) is 0 Å². The van der Waals surface area contributed by atoms with Gasteiger partial charge in [-0.15, -0.1) is 0 Å². The summed E-state index contributed by atoms with van der Waals surface area (Å²) in [6.45, 7) is 2.02. The largest absolute Gasteiger partial charge is 0.376 e. The zero-order valence-corrected chi connectivity index (χ0v) is 13.9. The van der Waals surface area contributed by atoms with E-state index in [0.29, 0.717) is 15.7 Å². The minimum Gasteiger partial charge on any atom is -0.376 e. The van der Waals surface area contributed by atoms with Gasteiger partial charge in [0.05, 0.1) is 21.8 Å². The molecule has 5 heteroatoms. The molecule has 0 saturated carbocycles. The third kappa shape index (κ3) is 3.66. The van der Waals surface area contributed by atoms with Crippen LogP contribution in [0.15, 0.2) is 40.9 Å². The quantitative estimate of drug-likeness (QED) is 0.645. The predicted octanol–water partition coefficient (Wildman–Crippen LogP) is 6.46. The first-order chi connectivity index (χ1) is 9.51. The van der Waals surface area contributed by atoms with E-state index >= 15 is 0 Å². The normalized spacial score (nSPS) is 12.2. The van der Waals surface area contributed by atoms with E-state index in [1.807, 2.05) is 13.0 Å². The summed E-state index contributed by atoms with van der Waals surface area (Å²) in [5.74, 6) is -0.285. The Morgan fingerprint density at radius 2 is 1.90 bits per heavy atom. The predicted molar refractivity (Wildman–Crippen MR) is 87.2 cm³/mol. The topological polar surface area (TPSA) is 12.0 Å². The highest BCUT2D eigenvalue weighted by Crippen LogP contribution is 2.30. The van der Waals surface area contributed by atoms with Crippen LogP contribution in [-0.2, 0) is 0 Å². The van der Waals surface area contributed by atoms with Crippen LogP contribution in [0.25, 0.3) is 0 Å². The van der Waals surface area contributed by atoms with Crippen molar-refractivity contribution in [3.05, 3.63) is 62.3 Å². The van der Waals surface area contributed by atoms with Crippen molar-refractivity contribution in [3.63, 3.8) is 0 Å². The number of halogens is 4. The Bertz CT molecular complexity index is 619. The Hall–Kier alpha value is -0.770. The summed E-state index contributed by atoms with van der Waals surface area (Å²) in [5.41, 5.74) is 1.43. The van der Waals surface area contributed by atoms with Crippen LogP contribution in [0.3, 0.4) is 0 Å². The fourth-order valence-electron chi connectivity index (χ4n) is 1.95. The first-order valence-corrected chi connectivity index (χ1v) is 7.72. The van der Waals surface area contributed by atoms with Crippen molar-refractivity contribution in [2.75, 3.05) is 5.32 Å². The molecular weight excluding hydrogens is 364 g/mol. The van der Waals surface area contributed by atoms with Gasteiger partial charge in [0.1, 0.15) is 5.82 Å². The van der Waals surface area contributed by atoms with Gasteiger partial charge < -0.3 is 5.32 Å². The van der Waals surface area contributed by atoms with Crippen LogP contribution in [0.1, 0.15) is 24.9 Å². The molecule has 0 amide bonds. The number of anilines is 1. The molecule has 20 heavy (non-hydrogen) atoms. The monoisotopic (exact) mass is 375 g/mol. The molecule has 0 saturated heterocycles. The number of hydrogen-bond donors (Lipinski definition) is 1. The molecule has 106 valence electrons.